The third kappa shape index (κ3) is 3.21. The van der Waals surface area contributed by atoms with Crippen LogP contribution >= 0.6 is 0 Å². The third-order valence-electron chi connectivity index (χ3n) is 4.97. The van der Waals surface area contributed by atoms with Crippen molar-refractivity contribution in [2.45, 2.75) is 58.0 Å². The van der Waals surface area contributed by atoms with Gasteiger partial charge >= 0.3 is 0 Å². The van der Waals surface area contributed by atoms with E-state index in [1.807, 2.05) is 6.92 Å². The molecule has 3 N–H and O–H groups in total. The fourth-order valence-electron chi connectivity index (χ4n) is 3.17. The van der Waals surface area contributed by atoms with Gasteiger partial charge in [0.2, 0.25) is 0 Å². The van der Waals surface area contributed by atoms with Gasteiger partial charge in [0.05, 0.1) is 5.60 Å². The van der Waals surface area contributed by atoms with Gasteiger partial charge in [-0.05, 0) is 44.9 Å². The predicted molar refractivity (Wildman–Crippen MR) is 70.9 cm³/mol. The first kappa shape index (κ1) is 14.9. The second-order valence-electron chi connectivity index (χ2n) is 5.85. The molecule has 102 valence electrons. The number of hydrogen-bond donors (Lipinski definition) is 2. The lowest BCUT2D eigenvalue weighted by Crippen LogP contribution is -2.53. The Hall–Kier alpha value is -0.120. The monoisotopic (exact) mass is 243 g/mol. The maximum absolute atomic E-state index is 10.7. The van der Waals surface area contributed by atoms with Crippen LogP contribution in [0.1, 0.15) is 52.4 Å². The Morgan fingerprint density at radius 2 is 2.00 bits per heavy atom. The van der Waals surface area contributed by atoms with Gasteiger partial charge in [-0.1, -0.05) is 13.3 Å². The van der Waals surface area contributed by atoms with Crippen molar-refractivity contribution in [3.63, 3.8) is 0 Å². The molecule has 1 atom stereocenters. The first-order chi connectivity index (χ1) is 8.01. The molecule has 1 unspecified atom stereocenters. The quantitative estimate of drug-likeness (QED) is 0.752. The van der Waals surface area contributed by atoms with Crippen LogP contribution < -0.4 is 5.73 Å². The fourth-order valence-corrected chi connectivity index (χ4v) is 3.17. The van der Waals surface area contributed by atoms with Crippen LogP contribution in [0.25, 0.3) is 0 Å². The minimum Gasteiger partial charge on any atom is -0.389 e. The fraction of sp³-hybridized carbons (Fsp3) is 1.00. The standard InChI is InChI=1S/C14H29NO2/c1-4-12-5-7-14(11-15,8-6-12)13(2,16)9-10-17-3/h12,16H,4-11,15H2,1-3H3. The second kappa shape index (κ2) is 6.17. The maximum Gasteiger partial charge on any atom is 0.0709 e. The second-order valence-corrected chi connectivity index (χ2v) is 5.85. The Labute approximate surface area is 106 Å². The number of nitrogens with two attached hydrogens (primary N) is 1. The van der Waals surface area contributed by atoms with Crippen molar-refractivity contribution in [2.24, 2.45) is 17.1 Å². The molecule has 0 aliphatic heterocycles. The first-order valence-corrected chi connectivity index (χ1v) is 6.92. The highest BCUT2D eigenvalue weighted by Crippen LogP contribution is 2.47. The summed E-state index contributed by atoms with van der Waals surface area (Å²) in [6, 6.07) is 0. The van der Waals surface area contributed by atoms with Gasteiger partial charge in [-0.3, -0.25) is 0 Å². The lowest BCUT2D eigenvalue weighted by Gasteiger charge is -2.49. The number of aliphatic hydroxyl groups is 1. The molecule has 1 aliphatic rings. The summed E-state index contributed by atoms with van der Waals surface area (Å²) in [6.07, 6.45) is 6.45. The molecule has 17 heavy (non-hydrogen) atoms. The molecule has 1 saturated carbocycles. The number of rotatable bonds is 6. The van der Waals surface area contributed by atoms with E-state index < -0.39 is 5.60 Å². The largest absolute Gasteiger partial charge is 0.389 e. The molecule has 0 heterocycles. The van der Waals surface area contributed by atoms with Crippen LogP contribution in [-0.2, 0) is 4.74 Å². The predicted octanol–water partition coefficient (Wildman–Crippen LogP) is 2.32. The zero-order valence-corrected chi connectivity index (χ0v) is 11.7. The van der Waals surface area contributed by atoms with Gasteiger partial charge in [0.15, 0.2) is 0 Å². The molecule has 0 aromatic carbocycles. The summed E-state index contributed by atoms with van der Waals surface area (Å²) in [7, 11) is 1.68. The highest BCUT2D eigenvalue weighted by Gasteiger charge is 2.47. The third-order valence-corrected chi connectivity index (χ3v) is 4.97. The highest BCUT2D eigenvalue weighted by molar-refractivity contribution is 4.99. The molecule has 0 amide bonds. The SMILES string of the molecule is CCC1CCC(CN)(C(C)(O)CCOC)CC1. The molecule has 0 saturated heterocycles. The minimum atomic E-state index is -0.698. The Bertz CT molecular complexity index is 220. The van der Waals surface area contributed by atoms with Crippen LogP contribution in [-0.4, -0.2) is 31.0 Å². The summed E-state index contributed by atoms with van der Waals surface area (Å²) in [5, 5.41) is 10.7. The van der Waals surface area contributed by atoms with Gasteiger partial charge in [0.25, 0.3) is 0 Å². The van der Waals surface area contributed by atoms with E-state index in [9.17, 15) is 5.11 Å². The van der Waals surface area contributed by atoms with E-state index in [-0.39, 0.29) is 5.41 Å². The molecule has 3 heteroatoms. The Kier molecular flexibility index (Phi) is 5.42. The average Bonchev–Trinajstić information content (AvgIpc) is 2.36. The summed E-state index contributed by atoms with van der Waals surface area (Å²) in [6.45, 7) is 5.38. The molecule has 0 bridgehead atoms. The summed E-state index contributed by atoms with van der Waals surface area (Å²) >= 11 is 0. The zero-order valence-electron chi connectivity index (χ0n) is 11.7. The van der Waals surface area contributed by atoms with E-state index in [1.54, 1.807) is 7.11 Å². The zero-order chi connectivity index (χ0) is 12.9. The van der Waals surface area contributed by atoms with Gasteiger partial charge in [-0.25, -0.2) is 0 Å². The van der Waals surface area contributed by atoms with Gasteiger partial charge in [0.1, 0.15) is 0 Å². The Balaban J connectivity index is 2.68. The number of hydrogen-bond acceptors (Lipinski definition) is 3. The van der Waals surface area contributed by atoms with Gasteiger partial charge in [-0.2, -0.15) is 0 Å². The summed E-state index contributed by atoms with van der Waals surface area (Å²) in [5.74, 6) is 0.827. The first-order valence-electron chi connectivity index (χ1n) is 6.92. The Morgan fingerprint density at radius 1 is 1.41 bits per heavy atom. The molecule has 0 radical (unpaired) electrons. The van der Waals surface area contributed by atoms with Crippen LogP contribution in [0.5, 0.6) is 0 Å². The van der Waals surface area contributed by atoms with E-state index in [2.05, 4.69) is 6.92 Å². The van der Waals surface area contributed by atoms with Crippen LogP contribution in [0.4, 0.5) is 0 Å². The lowest BCUT2D eigenvalue weighted by molar-refractivity contribution is -0.105. The van der Waals surface area contributed by atoms with Crippen molar-refractivity contribution in [1.29, 1.82) is 0 Å². The highest BCUT2D eigenvalue weighted by atomic mass is 16.5. The number of ether oxygens (including phenoxy) is 1. The normalized spacial score (nSPS) is 33.4. The molecular weight excluding hydrogens is 214 g/mol. The van der Waals surface area contributed by atoms with E-state index in [1.165, 1.54) is 19.3 Å². The van der Waals surface area contributed by atoms with Crippen molar-refractivity contribution < 1.29 is 9.84 Å². The number of methoxy groups -OCH3 is 1. The average molecular weight is 243 g/mol. The molecule has 1 rings (SSSR count). The van der Waals surface area contributed by atoms with Gasteiger partial charge in [0, 0.05) is 25.7 Å². The van der Waals surface area contributed by atoms with Crippen LogP contribution in [0.2, 0.25) is 0 Å². The van der Waals surface area contributed by atoms with Gasteiger partial charge in [-0.15, -0.1) is 0 Å². The van der Waals surface area contributed by atoms with E-state index in [4.69, 9.17) is 10.5 Å². The molecule has 3 nitrogen and oxygen atoms in total. The topological polar surface area (TPSA) is 55.5 Å². The van der Waals surface area contributed by atoms with Gasteiger partial charge < -0.3 is 15.6 Å². The molecule has 0 aromatic rings. The van der Waals surface area contributed by atoms with Crippen molar-refractivity contribution in [2.75, 3.05) is 20.3 Å². The van der Waals surface area contributed by atoms with Crippen molar-refractivity contribution >= 4 is 0 Å². The summed E-state index contributed by atoms with van der Waals surface area (Å²) in [4.78, 5) is 0. The van der Waals surface area contributed by atoms with Crippen molar-refractivity contribution in [1.82, 2.24) is 0 Å². The summed E-state index contributed by atoms with van der Waals surface area (Å²) in [5.41, 5.74) is 5.18. The maximum atomic E-state index is 10.7. The van der Waals surface area contributed by atoms with E-state index in [0.717, 1.165) is 18.8 Å². The lowest BCUT2D eigenvalue weighted by atomic mass is 9.60. The van der Waals surface area contributed by atoms with E-state index >= 15 is 0 Å². The molecule has 0 aromatic heterocycles. The minimum absolute atomic E-state index is 0.1000. The van der Waals surface area contributed by atoms with Crippen molar-refractivity contribution in [3.05, 3.63) is 0 Å². The van der Waals surface area contributed by atoms with Crippen LogP contribution in [0, 0.1) is 11.3 Å². The smallest absolute Gasteiger partial charge is 0.0709 e. The van der Waals surface area contributed by atoms with Crippen LogP contribution in [0.15, 0.2) is 0 Å². The molecule has 1 aliphatic carbocycles. The van der Waals surface area contributed by atoms with Crippen molar-refractivity contribution in [3.8, 4) is 0 Å². The Morgan fingerprint density at radius 3 is 2.41 bits per heavy atom. The van der Waals surface area contributed by atoms with E-state index in [0.29, 0.717) is 19.6 Å². The molecule has 1 fully saturated rings. The summed E-state index contributed by atoms with van der Waals surface area (Å²) < 4.78 is 5.10. The van der Waals surface area contributed by atoms with Crippen LogP contribution in [0.3, 0.4) is 0 Å². The molecular formula is C14H29NO2. The molecule has 0 spiro atoms.